The summed E-state index contributed by atoms with van der Waals surface area (Å²) in [5.41, 5.74) is 9.68. The Balaban J connectivity index is 2.12. The first-order chi connectivity index (χ1) is 9.66. The van der Waals surface area contributed by atoms with E-state index in [-0.39, 0.29) is 11.9 Å². The lowest BCUT2D eigenvalue weighted by atomic mass is 9.96. The summed E-state index contributed by atoms with van der Waals surface area (Å²) in [7, 11) is 0. The highest BCUT2D eigenvalue weighted by molar-refractivity contribution is 5.82. The van der Waals surface area contributed by atoms with E-state index >= 15 is 0 Å². The molecule has 0 fully saturated rings. The number of nitrogens with two attached hydrogens (primary N) is 1. The number of para-hydroxylation sites is 1. The summed E-state index contributed by atoms with van der Waals surface area (Å²) >= 11 is 0. The third-order valence-corrected chi connectivity index (χ3v) is 3.54. The van der Waals surface area contributed by atoms with Crippen molar-refractivity contribution in [2.75, 3.05) is 0 Å². The van der Waals surface area contributed by atoms with Gasteiger partial charge in [-0.05, 0) is 35.7 Å². The zero-order valence-corrected chi connectivity index (χ0v) is 11.2. The minimum Gasteiger partial charge on any atom is -0.320 e. The summed E-state index contributed by atoms with van der Waals surface area (Å²) in [5.74, 6) is -0.211. The van der Waals surface area contributed by atoms with Gasteiger partial charge in [0.2, 0.25) is 0 Å². The molecule has 0 bridgehead atoms. The van der Waals surface area contributed by atoms with Gasteiger partial charge >= 0.3 is 0 Å². The van der Waals surface area contributed by atoms with Crippen molar-refractivity contribution in [2.45, 2.75) is 13.0 Å². The minimum absolute atomic E-state index is 0.211. The van der Waals surface area contributed by atoms with Crippen LogP contribution in [0.4, 0.5) is 4.39 Å². The molecule has 2 aromatic carbocycles. The molecule has 1 unspecified atom stereocenters. The Morgan fingerprint density at radius 2 is 1.90 bits per heavy atom. The lowest BCUT2D eigenvalue weighted by molar-refractivity contribution is 0.617. The van der Waals surface area contributed by atoms with E-state index in [1.807, 2.05) is 30.3 Å². The van der Waals surface area contributed by atoms with E-state index in [9.17, 15) is 4.39 Å². The molecule has 2 nitrogen and oxygen atoms in total. The van der Waals surface area contributed by atoms with E-state index in [0.29, 0.717) is 5.56 Å². The van der Waals surface area contributed by atoms with Gasteiger partial charge in [-0.3, -0.25) is 4.98 Å². The Hall–Kier alpha value is -2.26. The number of halogens is 1. The fourth-order valence-electron chi connectivity index (χ4n) is 2.42. The van der Waals surface area contributed by atoms with E-state index < -0.39 is 0 Å². The first kappa shape index (κ1) is 12.8. The smallest absolute Gasteiger partial charge is 0.126 e. The van der Waals surface area contributed by atoms with Crippen LogP contribution in [-0.2, 0) is 0 Å². The molecule has 3 heteroatoms. The van der Waals surface area contributed by atoms with Gasteiger partial charge in [0.1, 0.15) is 5.82 Å². The largest absolute Gasteiger partial charge is 0.320 e. The van der Waals surface area contributed by atoms with Crippen molar-refractivity contribution < 1.29 is 4.39 Å². The van der Waals surface area contributed by atoms with E-state index in [2.05, 4.69) is 4.98 Å². The lowest BCUT2D eigenvalue weighted by Crippen LogP contribution is -2.13. The van der Waals surface area contributed by atoms with E-state index in [4.69, 9.17) is 5.73 Å². The van der Waals surface area contributed by atoms with Crippen LogP contribution in [0.5, 0.6) is 0 Å². The van der Waals surface area contributed by atoms with Crippen LogP contribution in [0.3, 0.4) is 0 Å². The van der Waals surface area contributed by atoms with Crippen molar-refractivity contribution in [2.24, 2.45) is 5.73 Å². The molecular weight excluding hydrogens is 251 g/mol. The van der Waals surface area contributed by atoms with E-state index in [1.165, 1.54) is 6.07 Å². The van der Waals surface area contributed by atoms with Crippen molar-refractivity contribution in [3.8, 4) is 0 Å². The highest BCUT2D eigenvalue weighted by atomic mass is 19.1. The maximum atomic E-state index is 13.4. The summed E-state index contributed by atoms with van der Waals surface area (Å²) in [4.78, 5) is 4.41. The Kier molecular flexibility index (Phi) is 3.20. The SMILES string of the molecule is Cc1cc(C(N)c2cccc3cccnc23)ccc1F. The highest BCUT2D eigenvalue weighted by Gasteiger charge is 2.13. The van der Waals surface area contributed by atoms with Gasteiger partial charge in [-0.1, -0.05) is 36.4 Å². The summed E-state index contributed by atoms with van der Waals surface area (Å²) in [6.45, 7) is 1.74. The topological polar surface area (TPSA) is 38.9 Å². The Labute approximate surface area is 117 Å². The standard InChI is InChI=1S/C17H15FN2/c1-11-10-13(7-8-15(11)18)16(19)14-6-2-4-12-5-3-9-20-17(12)14/h2-10,16H,19H2,1H3. The number of benzene rings is 2. The molecule has 0 aliphatic rings. The number of rotatable bonds is 2. The molecule has 2 N–H and O–H groups in total. The molecule has 0 aliphatic carbocycles. The van der Waals surface area contributed by atoms with Gasteiger partial charge in [0, 0.05) is 11.6 Å². The van der Waals surface area contributed by atoms with Gasteiger partial charge in [0.05, 0.1) is 11.6 Å². The quantitative estimate of drug-likeness (QED) is 0.767. The van der Waals surface area contributed by atoms with Crippen LogP contribution in [0.1, 0.15) is 22.7 Å². The Bertz CT molecular complexity index is 763. The summed E-state index contributed by atoms with van der Waals surface area (Å²) < 4.78 is 13.4. The van der Waals surface area contributed by atoms with Gasteiger partial charge in [-0.15, -0.1) is 0 Å². The van der Waals surface area contributed by atoms with Crippen LogP contribution >= 0.6 is 0 Å². The number of hydrogen-bond acceptors (Lipinski definition) is 2. The normalized spacial score (nSPS) is 12.6. The van der Waals surface area contributed by atoms with Crippen molar-refractivity contribution >= 4 is 10.9 Å². The van der Waals surface area contributed by atoms with Crippen LogP contribution in [0, 0.1) is 12.7 Å². The van der Waals surface area contributed by atoms with Gasteiger partial charge in [0.25, 0.3) is 0 Å². The second-order valence-electron chi connectivity index (χ2n) is 4.91. The molecule has 0 aliphatic heterocycles. The average Bonchev–Trinajstić information content (AvgIpc) is 2.49. The highest BCUT2D eigenvalue weighted by Crippen LogP contribution is 2.26. The van der Waals surface area contributed by atoms with Gasteiger partial charge in [-0.2, -0.15) is 0 Å². The average molecular weight is 266 g/mol. The maximum absolute atomic E-state index is 13.4. The molecule has 1 heterocycles. The fourth-order valence-corrected chi connectivity index (χ4v) is 2.42. The molecule has 0 saturated carbocycles. The minimum atomic E-state index is -0.312. The molecule has 100 valence electrons. The molecule has 0 radical (unpaired) electrons. The first-order valence-electron chi connectivity index (χ1n) is 6.52. The summed E-state index contributed by atoms with van der Waals surface area (Å²) in [5, 5.41) is 1.05. The van der Waals surface area contributed by atoms with Crippen molar-refractivity contribution in [1.82, 2.24) is 4.98 Å². The van der Waals surface area contributed by atoms with Crippen LogP contribution < -0.4 is 5.73 Å². The first-order valence-corrected chi connectivity index (χ1v) is 6.52. The lowest BCUT2D eigenvalue weighted by Gasteiger charge is -2.15. The van der Waals surface area contributed by atoms with Crippen molar-refractivity contribution in [3.05, 3.63) is 77.2 Å². The van der Waals surface area contributed by atoms with Crippen molar-refractivity contribution in [3.63, 3.8) is 0 Å². The van der Waals surface area contributed by atoms with Crippen LogP contribution in [0.15, 0.2) is 54.7 Å². The molecule has 0 spiro atoms. The second kappa shape index (κ2) is 5.02. The summed E-state index contributed by atoms with van der Waals surface area (Å²) in [6.07, 6.45) is 1.76. The molecule has 3 aromatic rings. The zero-order valence-electron chi connectivity index (χ0n) is 11.2. The van der Waals surface area contributed by atoms with Gasteiger partial charge in [-0.25, -0.2) is 4.39 Å². The number of aromatic nitrogens is 1. The number of fused-ring (bicyclic) bond motifs is 1. The van der Waals surface area contributed by atoms with Crippen molar-refractivity contribution in [1.29, 1.82) is 0 Å². The monoisotopic (exact) mass is 266 g/mol. The number of nitrogens with zero attached hydrogens (tertiary/aromatic N) is 1. The molecule has 0 amide bonds. The van der Waals surface area contributed by atoms with Crippen LogP contribution in [-0.4, -0.2) is 4.98 Å². The van der Waals surface area contributed by atoms with Gasteiger partial charge < -0.3 is 5.73 Å². The third kappa shape index (κ3) is 2.17. The second-order valence-corrected chi connectivity index (χ2v) is 4.91. The Morgan fingerprint density at radius 1 is 1.10 bits per heavy atom. The van der Waals surface area contributed by atoms with Crippen LogP contribution in [0.2, 0.25) is 0 Å². The zero-order chi connectivity index (χ0) is 14.1. The molecule has 1 atom stereocenters. The number of pyridine rings is 1. The summed E-state index contributed by atoms with van der Waals surface area (Å²) in [6, 6.07) is 14.5. The fraction of sp³-hybridized carbons (Fsp3) is 0.118. The predicted octanol–water partition coefficient (Wildman–Crippen LogP) is 3.73. The molecule has 1 aromatic heterocycles. The van der Waals surface area contributed by atoms with E-state index in [0.717, 1.165) is 22.0 Å². The molecule has 0 saturated heterocycles. The molecule has 3 rings (SSSR count). The molecular formula is C17H15FN2. The van der Waals surface area contributed by atoms with Gasteiger partial charge in [0.15, 0.2) is 0 Å². The third-order valence-electron chi connectivity index (χ3n) is 3.54. The molecule has 20 heavy (non-hydrogen) atoms. The predicted molar refractivity (Wildman–Crippen MR) is 78.9 cm³/mol. The van der Waals surface area contributed by atoms with Crippen LogP contribution in [0.25, 0.3) is 10.9 Å². The van der Waals surface area contributed by atoms with E-state index in [1.54, 1.807) is 25.3 Å². The number of aryl methyl sites for hydroxylation is 1. The Morgan fingerprint density at radius 3 is 2.70 bits per heavy atom. The number of hydrogen-bond donors (Lipinski definition) is 1. The maximum Gasteiger partial charge on any atom is 0.126 e.